The summed E-state index contributed by atoms with van der Waals surface area (Å²) >= 11 is 13.4. The molecule has 0 aliphatic carbocycles. The van der Waals surface area contributed by atoms with Crippen LogP contribution in [0.2, 0.25) is 10.0 Å². The highest BCUT2D eigenvalue weighted by atomic mass is 35.5. The first-order valence-electron chi connectivity index (χ1n) is 4.83. The first-order valence-corrected chi connectivity index (χ1v) is 6.74. The average molecular weight is 265 g/mol. The number of thioether (sulfide) groups is 1. The predicted octanol–water partition coefficient (Wildman–Crippen LogP) is 3.65. The number of aliphatic hydroxyl groups is 1. The van der Waals surface area contributed by atoms with E-state index in [0.717, 1.165) is 17.1 Å². The molecule has 0 heterocycles. The van der Waals surface area contributed by atoms with Crippen LogP contribution >= 0.6 is 35.0 Å². The maximum atomic E-state index is 9.70. The Labute approximate surface area is 105 Å². The molecule has 1 atom stereocenters. The molecule has 1 unspecified atom stereocenters. The van der Waals surface area contributed by atoms with Gasteiger partial charge in [-0.15, -0.1) is 0 Å². The maximum absolute atomic E-state index is 9.70. The fraction of sp³-hybridized carbons (Fsp3) is 0.455. The normalized spacial score (nSPS) is 12.8. The van der Waals surface area contributed by atoms with Gasteiger partial charge < -0.3 is 5.11 Å². The van der Waals surface area contributed by atoms with Gasteiger partial charge in [0.05, 0.1) is 16.1 Å². The van der Waals surface area contributed by atoms with Gasteiger partial charge in [-0.3, -0.25) is 0 Å². The van der Waals surface area contributed by atoms with E-state index >= 15 is 0 Å². The zero-order valence-corrected chi connectivity index (χ0v) is 10.9. The molecule has 1 nitrogen and oxygen atoms in total. The minimum absolute atomic E-state index is 0.313. The van der Waals surface area contributed by atoms with Crippen molar-refractivity contribution < 1.29 is 5.11 Å². The summed E-state index contributed by atoms with van der Waals surface area (Å²) in [4.78, 5) is 0. The first kappa shape index (κ1) is 13.2. The van der Waals surface area contributed by atoms with Crippen LogP contribution in [0.3, 0.4) is 0 Å². The van der Waals surface area contributed by atoms with Gasteiger partial charge in [0.15, 0.2) is 0 Å². The second kappa shape index (κ2) is 6.64. The molecule has 0 aliphatic rings. The van der Waals surface area contributed by atoms with Crippen molar-refractivity contribution in [2.24, 2.45) is 0 Å². The lowest BCUT2D eigenvalue weighted by Crippen LogP contribution is -2.13. The molecule has 0 amide bonds. The minimum atomic E-state index is -0.313. The third-order valence-corrected chi connectivity index (χ3v) is 3.74. The van der Waals surface area contributed by atoms with Crippen LogP contribution in [-0.2, 0) is 6.42 Å². The summed E-state index contributed by atoms with van der Waals surface area (Å²) in [6.45, 7) is 2.08. The summed E-state index contributed by atoms with van der Waals surface area (Å²) in [5, 5.41) is 10.8. The van der Waals surface area contributed by atoms with Crippen molar-refractivity contribution in [3.8, 4) is 0 Å². The molecule has 1 aromatic carbocycles. The van der Waals surface area contributed by atoms with Crippen LogP contribution in [0, 0.1) is 0 Å². The van der Waals surface area contributed by atoms with Crippen molar-refractivity contribution >= 4 is 35.0 Å². The standard InChI is InChI=1S/C11H14Cl2OS/c1-2-15-7-9(14)5-8-3-4-10(12)11(13)6-8/h3-4,6,9,14H,2,5,7H2,1H3. The van der Waals surface area contributed by atoms with E-state index in [-0.39, 0.29) is 6.10 Å². The molecular formula is C11H14Cl2OS. The Balaban J connectivity index is 2.53. The van der Waals surface area contributed by atoms with E-state index in [0.29, 0.717) is 16.5 Å². The first-order chi connectivity index (χ1) is 7.13. The van der Waals surface area contributed by atoms with Crippen molar-refractivity contribution in [2.45, 2.75) is 19.4 Å². The molecule has 1 rings (SSSR count). The Kier molecular flexibility index (Phi) is 5.83. The molecule has 0 spiro atoms. The summed E-state index contributed by atoms with van der Waals surface area (Å²) in [6.07, 6.45) is 0.316. The van der Waals surface area contributed by atoms with E-state index in [1.165, 1.54) is 0 Å². The highest BCUT2D eigenvalue weighted by Crippen LogP contribution is 2.23. The molecule has 0 bridgehead atoms. The molecule has 0 fully saturated rings. The molecule has 0 radical (unpaired) electrons. The van der Waals surface area contributed by atoms with E-state index in [1.807, 2.05) is 12.1 Å². The summed E-state index contributed by atoms with van der Waals surface area (Å²) in [6, 6.07) is 5.47. The maximum Gasteiger partial charge on any atom is 0.0670 e. The molecule has 0 aromatic heterocycles. The third kappa shape index (κ3) is 4.64. The SMILES string of the molecule is CCSCC(O)Cc1ccc(Cl)c(Cl)c1. The van der Waals surface area contributed by atoms with E-state index in [2.05, 4.69) is 6.92 Å². The minimum Gasteiger partial charge on any atom is -0.392 e. The van der Waals surface area contributed by atoms with Crippen LogP contribution < -0.4 is 0 Å². The Morgan fingerprint density at radius 3 is 2.67 bits per heavy atom. The smallest absolute Gasteiger partial charge is 0.0670 e. The largest absolute Gasteiger partial charge is 0.392 e. The second-order valence-electron chi connectivity index (χ2n) is 3.27. The van der Waals surface area contributed by atoms with Crippen LogP contribution in [0.5, 0.6) is 0 Å². The molecule has 84 valence electrons. The third-order valence-electron chi connectivity index (χ3n) is 1.97. The average Bonchev–Trinajstić information content (AvgIpc) is 2.20. The fourth-order valence-electron chi connectivity index (χ4n) is 1.25. The molecule has 0 aliphatic heterocycles. The predicted molar refractivity (Wildman–Crippen MR) is 69.2 cm³/mol. The summed E-state index contributed by atoms with van der Waals surface area (Å²) in [5.74, 6) is 1.79. The molecule has 0 saturated carbocycles. The van der Waals surface area contributed by atoms with E-state index in [4.69, 9.17) is 23.2 Å². The van der Waals surface area contributed by atoms with Crippen molar-refractivity contribution in [3.05, 3.63) is 33.8 Å². The van der Waals surface area contributed by atoms with E-state index < -0.39 is 0 Å². The Morgan fingerprint density at radius 1 is 1.33 bits per heavy atom. The van der Waals surface area contributed by atoms with Gasteiger partial charge >= 0.3 is 0 Å². The Hall–Kier alpha value is 0.110. The van der Waals surface area contributed by atoms with Crippen LogP contribution in [0.4, 0.5) is 0 Å². The lowest BCUT2D eigenvalue weighted by Gasteiger charge is -2.10. The highest BCUT2D eigenvalue weighted by molar-refractivity contribution is 7.99. The van der Waals surface area contributed by atoms with Gasteiger partial charge in [0.1, 0.15) is 0 Å². The van der Waals surface area contributed by atoms with Gasteiger partial charge in [0, 0.05) is 5.75 Å². The van der Waals surface area contributed by atoms with Crippen molar-refractivity contribution in [1.29, 1.82) is 0 Å². The molecule has 15 heavy (non-hydrogen) atoms. The van der Waals surface area contributed by atoms with Crippen LogP contribution in [0.1, 0.15) is 12.5 Å². The lowest BCUT2D eigenvalue weighted by molar-refractivity contribution is 0.200. The summed E-state index contributed by atoms with van der Waals surface area (Å²) in [5.41, 5.74) is 1.02. The Morgan fingerprint density at radius 2 is 2.07 bits per heavy atom. The van der Waals surface area contributed by atoms with Gasteiger partial charge in [-0.05, 0) is 29.9 Å². The quantitative estimate of drug-likeness (QED) is 0.876. The topological polar surface area (TPSA) is 20.2 Å². The van der Waals surface area contributed by atoms with Crippen LogP contribution in [0.25, 0.3) is 0 Å². The second-order valence-corrected chi connectivity index (χ2v) is 5.40. The molecule has 1 N–H and O–H groups in total. The molecule has 0 saturated heterocycles. The molecular weight excluding hydrogens is 251 g/mol. The number of halogens is 2. The van der Waals surface area contributed by atoms with Gasteiger partial charge in [0.25, 0.3) is 0 Å². The molecule has 4 heteroatoms. The van der Waals surface area contributed by atoms with Gasteiger partial charge in [-0.1, -0.05) is 36.2 Å². The lowest BCUT2D eigenvalue weighted by atomic mass is 10.1. The van der Waals surface area contributed by atoms with Gasteiger partial charge in [-0.25, -0.2) is 0 Å². The van der Waals surface area contributed by atoms with Crippen molar-refractivity contribution in [1.82, 2.24) is 0 Å². The number of benzene rings is 1. The number of rotatable bonds is 5. The fourth-order valence-corrected chi connectivity index (χ4v) is 2.20. The van der Waals surface area contributed by atoms with Gasteiger partial charge in [0.2, 0.25) is 0 Å². The van der Waals surface area contributed by atoms with Crippen LogP contribution in [-0.4, -0.2) is 22.7 Å². The van der Waals surface area contributed by atoms with E-state index in [9.17, 15) is 5.11 Å². The number of hydrogen-bond donors (Lipinski definition) is 1. The summed E-state index contributed by atoms with van der Waals surface area (Å²) in [7, 11) is 0. The number of aliphatic hydroxyl groups excluding tert-OH is 1. The van der Waals surface area contributed by atoms with Gasteiger partial charge in [-0.2, -0.15) is 11.8 Å². The van der Waals surface area contributed by atoms with E-state index in [1.54, 1.807) is 17.8 Å². The Bertz CT molecular complexity index is 317. The van der Waals surface area contributed by atoms with Crippen molar-refractivity contribution in [2.75, 3.05) is 11.5 Å². The molecule has 1 aromatic rings. The monoisotopic (exact) mass is 264 g/mol. The summed E-state index contributed by atoms with van der Waals surface area (Å²) < 4.78 is 0. The number of hydrogen-bond acceptors (Lipinski definition) is 2. The zero-order chi connectivity index (χ0) is 11.3. The van der Waals surface area contributed by atoms with Crippen molar-refractivity contribution in [3.63, 3.8) is 0 Å². The zero-order valence-electron chi connectivity index (χ0n) is 8.54. The van der Waals surface area contributed by atoms with Crippen LogP contribution in [0.15, 0.2) is 18.2 Å². The highest BCUT2D eigenvalue weighted by Gasteiger charge is 2.06.